The number of esters is 1. The minimum atomic E-state index is -0.637. The Morgan fingerprint density at radius 2 is 1.95 bits per heavy atom. The van der Waals surface area contributed by atoms with Gasteiger partial charge in [-0.1, -0.05) is 25.6 Å². The summed E-state index contributed by atoms with van der Waals surface area (Å²) in [6.45, 7) is 7.74. The molecule has 1 atom stereocenters. The summed E-state index contributed by atoms with van der Waals surface area (Å²) in [7, 11) is 0. The molecule has 7 heteroatoms. The molecule has 0 aromatic rings. The summed E-state index contributed by atoms with van der Waals surface area (Å²) in [4.78, 5) is 38.4. The summed E-state index contributed by atoms with van der Waals surface area (Å²) in [6, 6.07) is 0. The maximum Gasteiger partial charge on any atom is 0.307 e. The molecule has 1 aliphatic rings. The number of hydrogen-bond donors (Lipinski definition) is 0. The molecule has 2 amide bonds. The number of imide groups is 1. The number of rotatable bonds is 7. The van der Waals surface area contributed by atoms with Gasteiger partial charge in [0.25, 0.3) is 5.24 Å². The molecule has 1 unspecified atom stereocenters. The SMILES string of the molecule is CCOC(=O)CC1SC(=O)N(CN(CC)CC)C1=O. The molecular weight excluding hydrogens is 268 g/mol. The summed E-state index contributed by atoms with van der Waals surface area (Å²) in [5, 5.41) is -0.923. The van der Waals surface area contributed by atoms with Crippen molar-refractivity contribution >= 4 is 28.9 Å². The molecule has 1 fully saturated rings. The van der Waals surface area contributed by atoms with Gasteiger partial charge in [0.05, 0.1) is 19.7 Å². The number of ether oxygens (including phenoxy) is 1. The van der Waals surface area contributed by atoms with E-state index in [4.69, 9.17) is 4.74 Å². The average Bonchev–Trinajstić information content (AvgIpc) is 2.63. The summed E-state index contributed by atoms with van der Waals surface area (Å²) in [5.74, 6) is -0.735. The van der Waals surface area contributed by atoms with Gasteiger partial charge in [0.15, 0.2) is 0 Å². The van der Waals surface area contributed by atoms with Gasteiger partial charge in [-0.2, -0.15) is 0 Å². The number of nitrogens with zero attached hydrogens (tertiary/aromatic N) is 2. The predicted molar refractivity (Wildman–Crippen MR) is 72.7 cm³/mol. The van der Waals surface area contributed by atoms with Crippen molar-refractivity contribution in [2.75, 3.05) is 26.4 Å². The van der Waals surface area contributed by atoms with E-state index in [1.807, 2.05) is 18.7 Å². The van der Waals surface area contributed by atoms with Crippen LogP contribution in [0.25, 0.3) is 0 Å². The molecule has 0 spiro atoms. The van der Waals surface area contributed by atoms with Gasteiger partial charge in [-0.25, -0.2) is 0 Å². The van der Waals surface area contributed by atoms with Gasteiger partial charge in [0.2, 0.25) is 5.91 Å². The Labute approximate surface area is 117 Å². The molecule has 108 valence electrons. The maximum atomic E-state index is 12.1. The number of thioether (sulfide) groups is 1. The van der Waals surface area contributed by atoms with Gasteiger partial charge < -0.3 is 4.74 Å². The second-order valence-corrected chi connectivity index (χ2v) is 5.25. The van der Waals surface area contributed by atoms with E-state index in [0.29, 0.717) is 0 Å². The molecule has 0 aromatic carbocycles. The van der Waals surface area contributed by atoms with Crippen LogP contribution >= 0.6 is 11.8 Å². The molecule has 6 nitrogen and oxygen atoms in total. The molecule has 1 rings (SSSR count). The molecular formula is C12H20N2O4S. The quantitative estimate of drug-likeness (QED) is 0.658. The summed E-state index contributed by atoms with van der Waals surface area (Å²) >= 11 is 0.909. The van der Waals surface area contributed by atoms with Crippen molar-refractivity contribution in [3.05, 3.63) is 0 Å². The zero-order chi connectivity index (χ0) is 14.4. The minimum absolute atomic E-state index is 0.0438. The first-order chi connectivity index (χ1) is 9.03. The fourth-order valence-corrected chi connectivity index (χ4v) is 2.72. The first kappa shape index (κ1) is 16.0. The smallest absolute Gasteiger partial charge is 0.307 e. The minimum Gasteiger partial charge on any atom is -0.466 e. The van der Waals surface area contributed by atoms with Crippen LogP contribution in [-0.4, -0.2) is 58.5 Å². The molecule has 1 heterocycles. The summed E-state index contributed by atoms with van der Waals surface area (Å²) < 4.78 is 4.80. The van der Waals surface area contributed by atoms with E-state index < -0.39 is 11.2 Å². The van der Waals surface area contributed by atoms with Gasteiger partial charge in [0, 0.05) is 0 Å². The Kier molecular flexibility index (Phi) is 6.30. The van der Waals surface area contributed by atoms with Gasteiger partial charge >= 0.3 is 5.97 Å². The largest absolute Gasteiger partial charge is 0.466 e. The lowest BCUT2D eigenvalue weighted by Crippen LogP contribution is -2.41. The highest BCUT2D eigenvalue weighted by atomic mass is 32.2. The van der Waals surface area contributed by atoms with Crippen LogP contribution < -0.4 is 0 Å². The second-order valence-electron chi connectivity index (χ2n) is 4.09. The van der Waals surface area contributed by atoms with Crippen LogP contribution in [0.3, 0.4) is 0 Å². The molecule has 1 aliphatic heterocycles. The molecule has 0 aliphatic carbocycles. The highest BCUT2D eigenvalue weighted by molar-refractivity contribution is 8.15. The number of carbonyl (C=O) groups excluding carboxylic acids is 3. The zero-order valence-electron chi connectivity index (χ0n) is 11.5. The predicted octanol–water partition coefficient (Wildman–Crippen LogP) is 1.30. The first-order valence-electron chi connectivity index (χ1n) is 6.43. The first-order valence-corrected chi connectivity index (χ1v) is 7.31. The van der Waals surface area contributed by atoms with Crippen molar-refractivity contribution in [2.24, 2.45) is 0 Å². The van der Waals surface area contributed by atoms with Gasteiger partial charge in [-0.3, -0.25) is 24.2 Å². The fraction of sp³-hybridized carbons (Fsp3) is 0.750. The van der Waals surface area contributed by atoms with E-state index in [1.54, 1.807) is 6.92 Å². The number of amides is 2. The third kappa shape index (κ3) is 4.21. The zero-order valence-corrected chi connectivity index (χ0v) is 12.4. The second kappa shape index (κ2) is 7.49. The molecule has 0 saturated carbocycles. The van der Waals surface area contributed by atoms with Crippen LogP contribution in [0.5, 0.6) is 0 Å². The average molecular weight is 288 g/mol. The van der Waals surface area contributed by atoms with Crippen molar-refractivity contribution in [3.63, 3.8) is 0 Å². The normalized spacial score (nSPS) is 19.4. The van der Waals surface area contributed by atoms with Crippen molar-refractivity contribution in [1.82, 2.24) is 9.80 Å². The Morgan fingerprint density at radius 1 is 1.32 bits per heavy atom. The standard InChI is InChI=1S/C12H20N2O4S/c1-4-13(5-2)8-14-11(16)9(19-12(14)17)7-10(15)18-6-3/h9H,4-8H2,1-3H3. The molecule has 0 bridgehead atoms. The molecule has 0 radical (unpaired) electrons. The molecule has 19 heavy (non-hydrogen) atoms. The topological polar surface area (TPSA) is 66.9 Å². The van der Waals surface area contributed by atoms with Crippen LogP contribution in [0.2, 0.25) is 0 Å². The van der Waals surface area contributed by atoms with Crippen LogP contribution in [0, 0.1) is 0 Å². The van der Waals surface area contributed by atoms with Crippen molar-refractivity contribution < 1.29 is 19.1 Å². The lowest BCUT2D eigenvalue weighted by atomic mass is 10.3. The monoisotopic (exact) mass is 288 g/mol. The lowest BCUT2D eigenvalue weighted by molar-refractivity contribution is -0.144. The van der Waals surface area contributed by atoms with E-state index in [-0.39, 0.29) is 30.8 Å². The molecule has 0 aromatic heterocycles. The Hall–Kier alpha value is -1.08. The van der Waals surface area contributed by atoms with Gasteiger partial charge in [-0.15, -0.1) is 0 Å². The number of carbonyl (C=O) groups is 3. The fourth-order valence-electron chi connectivity index (χ4n) is 1.75. The highest BCUT2D eigenvalue weighted by Crippen LogP contribution is 2.29. The van der Waals surface area contributed by atoms with E-state index in [9.17, 15) is 14.4 Å². The maximum absolute atomic E-state index is 12.1. The van der Waals surface area contributed by atoms with E-state index in [2.05, 4.69) is 0 Å². The van der Waals surface area contributed by atoms with Crippen molar-refractivity contribution in [1.29, 1.82) is 0 Å². The van der Waals surface area contributed by atoms with Crippen LogP contribution in [0.1, 0.15) is 27.2 Å². The third-order valence-electron chi connectivity index (χ3n) is 2.90. The van der Waals surface area contributed by atoms with E-state index >= 15 is 0 Å². The van der Waals surface area contributed by atoms with Gasteiger partial charge in [-0.05, 0) is 20.0 Å². The summed E-state index contributed by atoms with van der Waals surface area (Å²) in [5.41, 5.74) is 0. The van der Waals surface area contributed by atoms with E-state index in [0.717, 1.165) is 24.9 Å². The van der Waals surface area contributed by atoms with Crippen molar-refractivity contribution in [3.8, 4) is 0 Å². The van der Waals surface area contributed by atoms with Crippen LogP contribution in [-0.2, 0) is 14.3 Å². The molecule has 1 saturated heterocycles. The van der Waals surface area contributed by atoms with Crippen LogP contribution in [0.15, 0.2) is 0 Å². The Bertz CT molecular complexity index is 358. The third-order valence-corrected chi connectivity index (χ3v) is 3.97. The van der Waals surface area contributed by atoms with Gasteiger partial charge in [0.1, 0.15) is 5.25 Å². The Balaban J connectivity index is 2.60. The highest BCUT2D eigenvalue weighted by Gasteiger charge is 2.41. The molecule has 0 N–H and O–H groups in total. The lowest BCUT2D eigenvalue weighted by Gasteiger charge is -2.23. The Morgan fingerprint density at radius 3 is 2.47 bits per heavy atom. The van der Waals surface area contributed by atoms with Crippen LogP contribution in [0.4, 0.5) is 4.79 Å². The van der Waals surface area contributed by atoms with Crippen molar-refractivity contribution in [2.45, 2.75) is 32.4 Å². The van der Waals surface area contributed by atoms with E-state index in [1.165, 1.54) is 4.90 Å². The summed E-state index contributed by atoms with van der Waals surface area (Å²) in [6.07, 6.45) is -0.0438. The number of hydrogen-bond acceptors (Lipinski definition) is 6.